The molecule has 2 aromatic carbocycles. The molecule has 2 rings (SSSR count). The Balaban J connectivity index is 2.41. The fourth-order valence-corrected chi connectivity index (χ4v) is 1.93. The average molecular weight is 284 g/mol. The Morgan fingerprint density at radius 3 is 2.52 bits per heavy atom. The first-order valence-electron chi connectivity index (χ1n) is 6.57. The molecule has 2 aromatic rings. The van der Waals surface area contributed by atoms with E-state index < -0.39 is 5.97 Å². The van der Waals surface area contributed by atoms with Gasteiger partial charge in [0.1, 0.15) is 11.5 Å². The molecule has 0 amide bonds. The number of hydrogen-bond donors (Lipinski definition) is 2. The summed E-state index contributed by atoms with van der Waals surface area (Å²) in [7, 11) is 0. The summed E-state index contributed by atoms with van der Waals surface area (Å²) < 4.78 is 5.39. The number of phenols is 1. The van der Waals surface area contributed by atoms with Gasteiger partial charge in [-0.1, -0.05) is 24.3 Å². The van der Waals surface area contributed by atoms with Gasteiger partial charge in [0.2, 0.25) is 0 Å². The van der Waals surface area contributed by atoms with E-state index in [2.05, 4.69) is 0 Å². The number of aliphatic carboxylic acids is 1. The smallest absolute Gasteiger partial charge is 0.336 e. The van der Waals surface area contributed by atoms with Crippen LogP contribution in [-0.2, 0) is 4.79 Å². The van der Waals surface area contributed by atoms with Gasteiger partial charge >= 0.3 is 5.97 Å². The number of ether oxygens (including phenoxy) is 1. The lowest BCUT2D eigenvalue weighted by Crippen LogP contribution is -2.00. The van der Waals surface area contributed by atoms with E-state index in [1.165, 1.54) is 12.1 Å². The number of carbonyl (C=O) groups is 1. The van der Waals surface area contributed by atoms with Gasteiger partial charge < -0.3 is 14.9 Å². The molecular formula is C17H16O4. The van der Waals surface area contributed by atoms with Gasteiger partial charge in [0, 0.05) is 0 Å². The topological polar surface area (TPSA) is 66.8 Å². The maximum Gasteiger partial charge on any atom is 0.336 e. The van der Waals surface area contributed by atoms with Crippen LogP contribution in [0.4, 0.5) is 0 Å². The van der Waals surface area contributed by atoms with Crippen LogP contribution in [-0.4, -0.2) is 22.8 Å². The van der Waals surface area contributed by atoms with Crippen molar-refractivity contribution in [2.75, 3.05) is 6.61 Å². The Morgan fingerprint density at radius 1 is 1.19 bits per heavy atom. The van der Waals surface area contributed by atoms with Crippen LogP contribution >= 0.6 is 0 Å². The van der Waals surface area contributed by atoms with Crippen molar-refractivity contribution in [1.82, 2.24) is 0 Å². The van der Waals surface area contributed by atoms with E-state index in [1.807, 2.05) is 6.92 Å². The van der Waals surface area contributed by atoms with E-state index in [1.54, 1.807) is 42.5 Å². The van der Waals surface area contributed by atoms with Gasteiger partial charge in [-0.05, 0) is 48.4 Å². The molecule has 0 spiro atoms. The fourth-order valence-electron chi connectivity index (χ4n) is 1.93. The molecule has 108 valence electrons. The van der Waals surface area contributed by atoms with Crippen molar-refractivity contribution in [2.45, 2.75) is 6.92 Å². The highest BCUT2D eigenvalue weighted by Crippen LogP contribution is 2.23. The molecule has 0 saturated heterocycles. The summed E-state index contributed by atoms with van der Waals surface area (Å²) in [5, 5.41) is 18.7. The average Bonchev–Trinajstić information content (AvgIpc) is 2.47. The zero-order valence-electron chi connectivity index (χ0n) is 11.6. The fraction of sp³-hybridized carbons (Fsp3) is 0.118. The van der Waals surface area contributed by atoms with E-state index in [-0.39, 0.29) is 11.3 Å². The molecule has 2 N–H and O–H groups in total. The normalized spacial score (nSPS) is 11.2. The van der Waals surface area contributed by atoms with Crippen molar-refractivity contribution in [3.63, 3.8) is 0 Å². The zero-order valence-corrected chi connectivity index (χ0v) is 11.6. The van der Waals surface area contributed by atoms with Crippen LogP contribution < -0.4 is 4.74 Å². The SMILES string of the molecule is CCOc1cccc(/C(=C/c2ccc(O)cc2)C(=O)O)c1. The molecule has 0 aromatic heterocycles. The molecule has 0 aliphatic heterocycles. The van der Waals surface area contributed by atoms with E-state index >= 15 is 0 Å². The minimum Gasteiger partial charge on any atom is -0.508 e. The summed E-state index contributed by atoms with van der Waals surface area (Å²) in [5.41, 5.74) is 1.44. The van der Waals surface area contributed by atoms with E-state index in [9.17, 15) is 15.0 Å². The molecular weight excluding hydrogens is 268 g/mol. The van der Waals surface area contributed by atoms with Gasteiger partial charge in [-0.3, -0.25) is 0 Å². The van der Waals surface area contributed by atoms with Crippen molar-refractivity contribution in [3.05, 3.63) is 59.7 Å². The van der Waals surface area contributed by atoms with E-state index in [0.717, 1.165) is 0 Å². The lowest BCUT2D eigenvalue weighted by molar-refractivity contribution is -0.130. The number of hydrogen-bond acceptors (Lipinski definition) is 3. The van der Waals surface area contributed by atoms with Crippen LogP contribution in [0.15, 0.2) is 48.5 Å². The summed E-state index contributed by atoms with van der Waals surface area (Å²) in [6, 6.07) is 13.3. The summed E-state index contributed by atoms with van der Waals surface area (Å²) in [6.45, 7) is 2.39. The first-order chi connectivity index (χ1) is 10.1. The van der Waals surface area contributed by atoms with Crippen molar-refractivity contribution in [2.24, 2.45) is 0 Å². The maximum atomic E-state index is 11.5. The highest BCUT2D eigenvalue weighted by Gasteiger charge is 2.11. The predicted octanol–water partition coefficient (Wildman–Crippen LogP) is 3.42. The third kappa shape index (κ3) is 3.86. The molecule has 4 heteroatoms. The summed E-state index contributed by atoms with van der Waals surface area (Å²) in [5.74, 6) is -0.244. The second-order valence-electron chi connectivity index (χ2n) is 4.42. The number of rotatable bonds is 5. The van der Waals surface area contributed by atoms with Crippen molar-refractivity contribution < 1.29 is 19.7 Å². The Bertz CT molecular complexity index is 657. The largest absolute Gasteiger partial charge is 0.508 e. The first kappa shape index (κ1) is 14.7. The zero-order chi connectivity index (χ0) is 15.2. The van der Waals surface area contributed by atoms with Crippen LogP contribution in [0.1, 0.15) is 18.1 Å². The van der Waals surface area contributed by atoms with Gasteiger partial charge in [-0.2, -0.15) is 0 Å². The first-order valence-corrected chi connectivity index (χ1v) is 6.57. The maximum absolute atomic E-state index is 11.5. The van der Waals surface area contributed by atoms with Gasteiger partial charge in [-0.25, -0.2) is 4.79 Å². The third-order valence-electron chi connectivity index (χ3n) is 2.89. The minimum absolute atomic E-state index is 0.141. The quantitative estimate of drug-likeness (QED) is 0.652. The summed E-state index contributed by atoms with van der Waals surface area (Å²) in [6.07, 6.45) is 1.56. The standard InChI is InChI=1S/C17H16O4/c1-2-21-15-5-3-4-13(11-15)16(17(19)20)10-12-6-8-14(18)9-7-12/h3-11,18H,2H2,1H3,(H,19,20)/b16-10-. The number of benzene rings is 2. The monoisotopic (exact) mass is 284 g/mol. The van der Waals surface area contributed by atoms with Crippen LogP contribution in [0.5, 0.6) is 11.5 Å². The van der Waals surface area contributed by atoms with Gasteiger partial charge in [0.25, 0.3) is 0 Å². The second kappa shape index (κ2) is 6.61. The van der Waals surface area contributed by atoms with Crippen molar-refractivity contribution in [3.8, 4) is 11.5 Å². The molecule has 0 unspecified atom stereocenters. The number of carboxylic acid groups (broad SMARTS) is 1. The van der Waals surface area contributed by atoms with Crippen LogP contribution in [0.3, 0.4) is 0 Å². The van der Waals surface area contributed by atoms with Crippen molar-refractivity contribution in [1.29, 1.82) is 0 Å². The number of phenolic OH excluding ortho intramolecular Hbond substituents is 1. The second-order valence-corrected chi connectivity index (χ2v) is 4.42. The van der Waals surface area contributed by atoms with Crippen LogP contribution in [0.2, 0.25) is 0 Å². The molecule has 0 atom stereocenters. The third-order valence-corrected chi connectivity index (χ3v) is 2.89. The lowest BCUT2D eigenvalue weighted by atomic mass is 10.0. The molecule has 0 aliphatic rings. The molecule has 0 bridgehead atoms. The molecule has 21 heavy (non-hydrogen) atoms. The van der Waals surface area contributed by atoms with E-state index in [0.29, 0.717) is 23.5 Å². The molecule has 4 nitrogen and oxygen atoms in total. The Morgan fingerprint density at radius 2 is 1.90 bits per heavy atom. The molecule has 0 radical (unpaired) electrons. The Hall–Kier alpha value is -2.75. The molecule has 0 aliphatic carbocycles. The van der Waals surface area contributed by atoms with Crippen molar-refractivity contribution >= 4 is 17.6 Å². The summed E-state index contributed by atoms with van der Waals surface area (Å²) >= 11 is 0. The molecule has 0 saturated carbocycles. The number of aromatic hydroxyl groups is 1. The van der Waals surface area contributed by atoms with Gasteiger partial charge in [-0.15, -0.1) is 0 Å². The highest BCUT2D eigenvalue weighted by molar-refractivity contribution is 6.20. The molecule has 0 heterocycles. The van der Waals surface area contributed by atoms with Crippen LogP contribution in [0, 0.1) is 0 Å². The Labute approximate surface area is 122 Å². The lowest BCUT2D eigenvalue weighted by Gasteiger charge is -2.07. The molecule has 0 fully saturated rings. The highest BCUT2D eigenvalue weighted by atomic mass is 16.5. The van der Waals surface area contributed by atoms with E-state index in [4.69, 9.17) is 4.74 Å². The number of carboxylic acids is 1. The van der Waals surface area contributed by atoms with Gasteiger partial charge in [0.05, 0.1) is 12.2 Å². The van der Waals surface area contributed by atoms with Crippen LogP contribution in [0.25, 0.3) is 11.6 Å². The Kier molecular flexibility index (Phi) is 4.61. The summed E-state index contributed by atoms with van der Waals surface area (Å²) in [4.78, 5) is 11.5. The minimum atomic E-state index is -1.02. The predicted molar refractivity (Wildman–Crippen MR) is 81.2 cm³/mol. The van der Waals surface area contributed by atoms with Gasteiger partial charge in [0.15, 0.2) is 0 Å².